The average Bonchev–Trinajstić information content (AvgIpc) is 3.04. The summed E-state index contributed by atoms with van der Waals surface area (Å²) in [5.41, 5.74) is 2.45. The van der Waals surface area contributed by atoms with E-state index in [1.165, 1.54) is 0 Å². The molecular formula is C16H21N5O2. The zero-order chi connectivity index (χ0) is 16.2. The minimum atomic E-state index is -0.212. The van der Waals surface area contributed by atoms with Crippen LogP contribution in [0.4, 0.5) is 5.82 Å². The van der Waals surface area contributed by atoms with Crippen LogP contribution in [-0.2, 0) is 11.3 Å². The zero-order valence-corrected chi connectivity index (χ0v) is 13.5. The number of anilines is 1. The summed E-state index contributed by atoms with van der Waals surface area (Å²) in [6.45, 7) is 6.40. The molecule has 1 saturated heterocycles. The van der Waals surface area contributed by atoms with Crippen LogP contribution in [0, 0.1) is 13.8 Å². The van der Waals surface area contributed by atoms with Crippen molar-refractivity contribution in [3.8, 4) is 0 Å². The van der Waals surface area contributed by atoms with Crippen LogP contribution in [0.5, 0.6) is 0 Å². The number of rotatable bonds is 5. The summed E-state index contributed by atoms with van der Waals surface area (Å²) in [7, 11) is 0. The van der Waals surface area contributed by atoms with E-state index in [4.69, 9.17) is 4.74 Å². The van der Waals surface area contributed by atoms with Gasteiger partial charge in [-0.05, 0) is 26.3 Å². The van der Waals surface area contributed by atoms with E-state index in [1.807, 2.05) is 26.0 Å². The Morgan fingerprint density at radius 3 is 2.96 bits per heavy atom. The van der Waals surface area contributed by atoms with Crippen molar-refractivity contribution in [1.29, 1.82) is 0 Å². The fraction of sp³-hybridized carbons (Fsp3) is 0.500. The van der Waals surface area contributed by atoms with Crippen LogP contribution in [-0.4, -0.2) is 39.3 Å². The van der Waals surface area contributed by atoms with E-state index >= 15 is 0 Å². The highest BCUT2D eigenvalue weighted by Crippen LogP contribution is 2.24. The van der Waals surface area contributed by atoms with Gasteiger partial charge in [0.05, 0.1) is 12.3 Å². The number of aromatic nitrogens is 4. The molecule has 2 aromatic heterocycles. The molecule has 1 fully saturated rings. The predicted molar refractivity (Wildman–Crippen MR) is 86.7 cm³/mol. The first-order valence-electron chi connectivity index (χ1n) is 7.82. The first-order valence-corrected chi connectivity index (χ1v) is 7.82. The standard InChI is InChI=1S/C16H21N5O2/c1-11-7-12(2)21(16(22)20-11)5-4-17-15-8-14(18-10-19-15)13-3-6-23-9-13/h7-8,10,13H,3-6,9H2,1-2H3,(H,17,18,19)/t13-/m0/s1. The lowest BCUT2D eigenvalue weighted by Crippen LogP contribution is -2.28. The number of hydrogen-bond acceptors (Lipinski definition) is 6. The van der Waals surface area contributed by atoms with Crippen molar-refractivity contribution in [2.45, 2.75) is 32.7 Å². The van der Waals surface area contributed by atoms with Gasteiger partial charge < -0.3 is 10.1 Å². The first-order chi connectivity index (χ1) is 11.1. The molecule has 1 aliphatic heterocycles. The van der Waals surface area contributed by atoms with Gasteiger partial charge in [-0.3, -0.25) is 4.57 Å². The second-order valence-electron chi connectivity index (χ2n) is 5.79. The van der Waals surface area contributed by atoms with Gasteiger partial charge in [0.1, 0.15) is 12.1 Å². The molecule has 1 N–H and O–H groups in total. The predicted octanol–water partition coefficient (Wildman–Crippen LogP) is 1.27. The molecule has 3 heterocycles. The molecule has 7 nitrogen and oxygen atoms in total. The van der Waals surface area contributed by atoms with E-state index in [1.54, 1.807) is 10.9 Å². The largest absolute Gasteiger partial charge is 0.381 e. The molecule has 23 heavy (non-hydrogen) atoms. The van der Waals surface area contributed by atoms with Crippen molar-refractivity contribution in [3.05, 3.63) is 46.0 Å². The van der Waals surface area contributed by atoms with Crippen LogP contribution < -0.4 is 11.0 Å². The lowest BCUT2D eigenvalue weighted by atomic mass is 10.1. The maximum atomic E-state index is 11.9. The van der Waals surface area contributed by atoms with Crippen LogP contribution in [0.2, 0.25) is 0 Å². The molecule has 1 aliphatic rings. The van der Waals surface area contributed by atoms with Gasteiger partial charge in [0, 0.05) is 43.1 Å². The molecule has 0 unspecified atom stereocenters. The molecule has 0 amide bonds. The molecule has 1 atom stereocenters. The zero-order valence-electron chi connectivity index (χ0n) is 13.5. The molecule has 0 aromatic carbocycles. The molecule has 7 heteroatoms. The van der Waals surface area contributed by atoms with Crippen molar-refractivity contribution in [1.82, 2.24) is 19.5 Å². The normalized spacial score (nSPS) is 17.4. The summed E-state index contributed by atoms with van der Waals surface area (Å²) >= 11 is 0. The van der Waals surface area contributed by atoms with E-state index in [0.29, 0.717) is 19.0 Å². The van der Waals surface area contributed by atoms with Gasteiger partial charge in [-0.2, -0.15) is 4.98 Å². The van der Waals surface area contributed by atoms with Gasteiger partial charge in [-0.1, -0.05) is 0 Å². The lowest BCUT2D eigenvalue weighted by Gasteiger charge is -2.12. The highest BCUT2D eigenvalue weighted by Gasteiger charge is 2.19. The molecule has 0 saturated carbocycles. The summed E-state index contributed by atoms with van der Waals surface area (Å²) in [5, 5.41) is 3.25. The van der Waals surface area contributed by atoms with Crippen molar-refractivity contribution < 1.29 is 4.74 Å². The monoisotopic (exact) mass is 315 g/mol. The van der Waals surface area contributed by atoms with Gasteiger partial charge in [-0.15, -0.1) is 0 Å². The number of hydrogen-bond donors (Lipinski definition) is 1. The van der Waals surface area contributed by atoms with E-state index in [-0.39, 0.29) is 5.69 Å². The molecule has 0 aliphatic carbocycles. The highest BCUT2D eigenvalue weighted by atomic mass is 16.5. The summed E-state index contributed by atoms with van der Waals surface area (Å²) in [4.78, 5) is 24.4. The maximum Gasteiger partial charge on any atom is 0.348 e. The van der Waals surface area contributed by atoms with E-state index < -0.39 is 0 Å². The van der Waals surface area contributed by atoms with Crippen molar-refractivity contribution in [2.24, 2.45) is 0 Å². The summed E-state index contributed by atoms with van der Waals surface area (Å²) < 4.78 is 7.06. The Morgan fingerprint density at radius 2 is 2.22 bits per heavy atom. The molecule has 0 radical (unpaired) electrons. The Balaban J connectivity index is 1.63. The summed E-state index contributed by atoms with van der Waals surface area (Å²) in [5.74, 6) is 1.12. The molecule has 0 bridgehead atoms. The van der Waals surface area contributed by atoms with Crippen molar-refractivity contribution >= 4 is 5.82 Å². The number of ether oxygens (including phenoxy) is 1. The van der Waals surface area contributed by atoms with Gasteiger partial charge in [-0.25, -0.2) is 14.8 Å². The average molecular weight is 315 g/mol. The Hall–Kier alpha value is -2.28. The quantitative estimate of drug-likeness (QED) is 0.894. The van der Waals surface area contributed by atoms with Crippen LogP contribution in [0.15, 0.2) is 23.3 Å². The Bertz CT molecular complexity index is 737. The lowest BCUT2D eigenvalue weighted by molar-refractivity contribution is 0.193. The fourth-order valence-corrected chi connectivity index (χ4v) is 2.80. The number of nitrogens with one attached hydrogen (secondary N) is 1. The van der Waals surface area contributed by atoms with E-state index in [2.05, 4.69) is 20.3 Å². The van der Waals surface area contributed by atoms with Gasteiger partial charge in [0.2, 0.25) is 0 Å². The smallest absolute Gasteiger partial charge is 0.348 e. The fourth-order valence-electron chi connectivity index (χ4n) is 2.80. The third-order valence-electron chi connectivity index (χ3n) is 4.02. The minimum Gasteiger partial charge on any atom is -0.381 e. The van der Waals surface area contributed by atoms with Gasteiger partial charge in [0.15, 0.2) is 0 Å². The first kappa shape index (κ1) is 15.6. The van der Waals surface area contributed by atoms with E-state index in [0.717, 1.165) is 42.5 Å². The van der Waals surface area contributed by atoms with Crippen LogP contribution in [0.25, 0.3) is 0 Å². The molecular weight excluding hydrogens is 294 g/mol. The van der Waals surface area contributed by atoms with Crippen LogP contribution in [0.3, 0.4) is 0 Å². The Morgan fingerprint density at radius 1 is 1.35 bits per heavy atom. The van der Waals surface area contributed by atoms with Crippen molar-refractivity contribution in [2.75, 3.05) is 25.1 Å². The third kappa shape index (κ3) is 3.73. The number of aryl methyl sites for hydroxylation is 2. The van der Waals surface area contributed by atoms with Crippen molar-refractivity contribution in [3.63, 3.8) is 0 Å². The van der Waals surface area contributed by atoms with Gasteiger partial charge >= 0.3 is 5.69 Å². The Kier molecular flexibility index (Phi) is 4.66. The topological polar surface area (TPSA) is 81.9 Å². The Labute approximate surface area is 134 Å². The SMILES string of the molecule is Cc1cc(C)n(CCNc2cc([C@H]3CCOC3)ncn2)c(=O)n1. The maximum absolute atomic E-state index is 11.9. The third-order valence-corrected chi connectivity index (χ3v) is 4.02. The summed E-state index contributed by atoms with van der Waals surface area (Å²) in [6, 6.07) is 3.87. The summed E-state index contributed by atoms with van der Waals surface area (Å²) in [6.07, 6.45) is 2.57. The van der Waals surface area contributed by atoms with Crippen LogP contribution >= 0.6 is 0 Å². The molecule has 2 aromatic rings. The second-order valence-corrected chi connectivity index (χ2v) is 5.79. The molecule has 0 spiro atoms. The van der Waals surface area contributed by atoms with E-state index in [9.17, 15) is 4.79 Å². The second kappa shape index (κ2) is 6.87. The molecule has 122 valence electrons. The minimum absolute atomic E-state index is 0.212. The van der Waals surface area contributed by atoms with Gasteiger partial charge in [0.25, 0.3) is 0 Å². The highest BCUT2D eigenvalue weighted by molar-refractivity contribution is 5.35. The number of nitrogens with zero attached hydrogens (tertiary/aromatic N) is 4. The van der Waals surface area contributed by atoms with Crippen LogP contribution in [0.1, 0.15) is 29.4 Å². The molecule has 3 rings (SSSR count).